The fourth-order valence-corrected chi connectivity index (χ4v) is 5.77. The van der Waals surface area contributed by atoms with Crippen LogP contribution < -0.4 is 9.47 Å². The van der Waals surface area contributed by atoms with Gasteiger partial charge in [-0.2, -0.15) is 0 Å². The number of likely N-dealkylation sites (tertiary alicyclic amines) is 1. The smallest absolute Gasteiger partial charge is 0.407 e. The topological polar surface area (TPSA) is 79.3 Å². The molecule has 0 bridgehead atoms. The molecule has 1 heterocycles. The van der Waals surface area contributed by atoms with Crippen LogP contribution in [-0.4, -0.2) is 67.2 Å². The molecule has 7 heteroatoms. The third-order valence-corrected chi connectivity index (χ3v) is 7.60. The number of Topliss-reactive ketones (excluding diaryl/α,β-unsaturated/α-hetero) is 1. The summed E-state index contributed by atoms with van der Waals surface area (Å²) in [5.74, 6) is 1.86. The maximum Gasteiger partial charge on any atom is 0.407 e. The minimum atomic E-state index is -0.895. The van der Waals surface area contributed by atoms with Crippen molar-refractivity contribution in [2.24, 2.45) is 0 Å². The van der Waals surface area contributed by atoms with Crippen LogP contribution in [0.2, 0.25) is 0 Å². The Morgan fingerprint density at radius 1 is 1.09 bits per heavy atom. The molecular weight excluding hydrogens is 444 g/mol. The van der Waals surface area contributed by atoms with Gasteiger partial charge in [0, 0.05) is 37.5 Å². The molecule has 7 nitrogen and oxygen atoms in total. The number of benzene rings is 2. The predicted molar refractivity (Wildman–Crippen MR) is 135 cm³/mol. The minimum Gasteiger partial charge on any atom is -0.493 e. The molecule has 188 valence electrons. The highest BCUT2D eigenvalue weighted by Crippen LogP contribution is 2.42. The van der Waals surface area contributed by atoms with Crippen molar-refractivity contribution in [1.29, 1.82) is 0 Å². The van der Waals surface area contributed by atoms with Gasteiger partial charge in [0.2, 0.25) is 0 Å². The van der Waals surface area contributed by atoms with Crippen LogP contribution in [0.4, 0.5) is 4.79 Å². The maximum atomic E-state index is 12.7. The summed E-state index contributed by atoms with van der Waals surface area (Å²) in [5, 5.41) is 9.27. The average Bonchev–Trinajstić information content (AvgIpc) is 3.29. The first-order chi connectivity index (χ1) is 16.9. The largest absolute Gasteiger partial charge is 0.493 e. The van der Waals surface area contributed by atoms with Gasteiger partial charge in [0.05, 0.1) is 14.2 Å². The monoisotopic (exact) mass is 480 g/mol. The molecule has 1 aliphatic carbocycles. The molecule has 1 saturated heterocycles. The van der Waals surface area contributed by atoms with E-state index in [9.17, 15) is 14.7 Å². The standard InChI is InChI=1S/C28H36N2O5/c1-29(28(32)33)18-20-7-6-8-22-21(20)11-12-24-23(22)14-16-30(24)15-5-4-9-25(31)19-10-13-26(34-2)27(17-19)35-3/h6-8,10,13,17,23-24H,4-5,9,11-12,14-16,18H2,1-3H3,(H,32,33)/t23-,24+/m1/s1. The van der Waals surface area contributed by atoms with E-state index in [0.29, 0.717) is 42.0 Å². The summed E-state index contributed by atoms with van der Waals surface area (Å²) < 4.78 is 10.6. The number of carbonyl (C=O) groups excluding carboxylic acids is 1. The summed E-state index contributed by atoms with van der Waals surface area (Å²) >= 11 is 0. The van der Waals surface area contributed by atoms with Crippen molar-refractivity contribution in [2.75, 3.05) is 34.4 Å². The number of carbonyl (C=O) groups is 2. The molecule has 2 aliphatic rings. The molecule has 0 saturated carbocycles. The lowest BCUT2D eigenvalue weighted by atomic mass is 9.77. The summed E-state index contributed by atoms with van der Waals surface area (Å²) in [5.41, 5.74) is 4.56. The van der Waals surface area contributed by atoms with Crippen molar-refractivity contribution < 1.29 is 24.2 Å². The number of carboxylic acid groups (broad SMARTS) is 1. The lowest BCUT2D eigenvalue weighted by molar-refractivity contribution is 0.0976. The number of nitrogens with zero attached hydrogens (tertiary/aromatic N) is 2. The highest BCUT2D eigenvalue weighted by Gasteiger charge is 2.38. The molecule has 1 amide bonds. The van der Waals surface area contributed by atoms with E-state index in [4.69, 9.17) is 9.47 Å². The zero-order valence-corrected chi connectivity index (χ0v) is 21.0. The number of hydrogen-bond donors (Lipinski definition) is 1. The second-order valence-electron chi connectivity index (χ2n) is 9.61. The van der Waals surface area contributed by atoms with Crippen LogP contribution in [0.5, 0.6) is 11.5 Å². The highest BCUT2D eigenvalue weighted by molar-refractivity contribution is 5.96. The summed E-state index contributed by atoms with van der Waals surface area (Å²) in [6.45, 7) is 2.53. The summed E-state index contributed by atoms with van der Waals surface area (Å²) in [6, 6.07) is 12.3. The van der Waals surface area contributed by atoms with Gasteiger partial charge in [-0.25, -0.2) is 4.79 Å². The number of fused-ring (bicyclic) bond motifs is 3. The van der Waals surface area contributed by atoms with Crippen molar-refractivity contribution >= 4 is 11.9 Å². The predicted octanol–water partition coefficient (Wildman–Crippen LogP) is 4.97. The molecule has 1 fully saturated rings. The Morgan fingerprint density at radius 3 is 2.63 bits per heavy atom. The Morgan fingerprint density at radius 2 is 1.89 bits per heavy atom. The van der Waals surface area contributed by atoms with Gasteiger partial charge in [-0.05, 0) is 80.1 Å². The molecule has 2 atom stereocenters. The van der Waals surface area contributed by atoms with E-state index in [-0.39, 0.29) is 5.78 Å². The molecule has 0 unspecified atom stereocenters. The van der Waals surface area contributed by atoms with Gasteiger partial charge in [0.25, 0.3) is 0 Å². The fraction of sp³-hybridized carbons (Fsp3) is 0.500. The number of ketones is 1. The molecular formula is C28H36N2O5. The second-order valence-corrected chi connectivity index (χ2v) is 9.61. The van der Waals surface area contributed by atoms with E-state index in [1.54, 1.807) is 39.5 Å². The molecule has 35 heavy (non-hydrogen) atoms. The first kappa shape index (κ1) is 25.0. The normalized spacial score (nSPS) is 19.1. The summed E-state index contributed by atoms with van der Waals surface area (Å²) in [7, 11) is 4.79. The molecule has 0 spiro atoms. The van der Waals surface area contributed by atoms with Crippen molar-refractivity contribution in [1.82, 2.24) is 9.80 Å². The van der Waals surface area contributed by atoms with Crippen molar-refractivity contribution in [3.63, 3.8) is 0 Å². The van der Waals surface area contributed by atoms with E-state index in [1.807, 2.05) is 0 Å². The van der Waals surface area contributed by atoms with Crippen molar-refractivity contribution in [3.8, 4) is 11.5 Å². The van der Waals surface area contributed by atoms with Crippen LogP contribution in [-0.2, 0) is 13.0 Å². The van der Waals surface area contributed by atoms with Gasteiger partial charge in [0.15, 0.2) is 17.3 Å². The first-order valence-electron chi connectivity index (χ1n) is 12.5. The van der Waals surface area contributed by atoms with Gasteiger partial charge in [-0.3, -0.25) is 9.69 Å². The van der Waals surface area contributed by atoms with E-state index in [2.05, 4.69) is 23.1 Å². The Kier molecular flexibility index (Phi) is 7.96. The zero-order chi connectivity index (χ0) is 24.9. The van der Waals surface area contributed by atoms with Crippen LogP contribution in [0.25, 0.3) is 0 Å². The van der Waals surface area contributed by atoms with Crippen LogP contribution in [0, 0.1) is 0 Å². The number of ether oxygens (including phenoxy) is 2. The molecule has 0 aromatic heterocycles. The van der Waals surface area contributed by atoms with Gasteiger partial charge in [-0.15, -0.1) is 0 Å². The Labute approximate surface area is 207 Å². The van der Waals surface area contributed by atoms with E-state index in [1.165, 1.54) is 16.0 Å². The zero-order valence-electron chi connectivity index (χ0n) is 21.0. The number of rotatable bonds is 10. The fourth-order valence-electron chi connectivity index (χ4n) is 5.77. The number of hydrogen-bond acceptors (Lipinski definition) is 5. The Balaban J connectivity index is 1.30. The molecule has 4 rings (SSSR count). The maximum absolute atomic E-state index is 12.7. The summed E-state index contributed by atoms with van der Waals surface area (Å²) in [4.78, 5) is 27.9. The third kappa shape index (κ3) is 5.45. The number of amides is 1. The van der Waals surface area contributed by atoms with E-state index >= 15 is 0 Å². The van der Waals surface area contributed by atoms with E-state index < -0.39 is 6.09 Å². The van der Waals surface area contributed by atoms with Crippen LogP contribution in [0.1, 0.15) is 65.1 Å². The quantitative estimate of drug-likeness (QED) is 0.382. The van der Waals surface area contributed by atoms with Crippen molar-refractivity contribution in [3.05, 3.63) is 58.7 Å². The molecule has 2 aromatic rings. The Hall–Kier alpha value is -3.06. The molecule has 1 N–H and O–H groups in total. The number of methoxy groups -OCH3 is 2. The van der Waals surface area contributed by atoms with Crippen LogP contribution in [0.15, 0.2) is 36.4 Å². The minimum absolute atomic E-state index is 0.135. The van der Waals surface area contributed by atoms with Gasteiger partial charge in [-0.1, -0.05) is 18.2 Å². The first-order valence-corrected chi connectivity index (χ1v) is 12.5. The summed E-state index contributed by atoms with van der Waals surface area (Å²) in [6.07, 6.45) is 4.74. The average molecular weight is 481 g/mol. The van der Waals surface area contributed by atoms with E-state index in [0.717, 1.165) is 50.8 Å². The SMILES string of the molecule is COc1ccc(C(=O)CCCCN2CC[C@@H]3c4cccc(CN(C)C(=O)O)c4CC[C@@H]32)cc1OC. The van der Waals surface area contributed by atoms with Gasteiger partial charge >= 0.3 is 6.09 Å². The molecule has 0 radical (unpaired) electrons. The van der Waals surface area contributed by atoms with Crippen LogP contribution >= 0.6 is 0 Å². The van der Waals surface area contributed by atoms with Gasteiger partial charge in [0.1, 0.15) is 0 Å². The number of unbranched alkanes of at least 4 members (excludes halogenated alkanes) is 1. The lowest BCUT2D eigenvalue weighted by Crippen LogP contribution is -2.36. The second kappa shape index (κ2) is 11.1. The lowest BCUT2D eigenvalue weighted by Gasteiger charge is -2.34. The molecule has 1 aliphatic heterocycles. The highest BCUT2D eigenvalue weighted by atomic mass is 16.5. The molecule has 2 aromatic carbocycles. The van der Waals surface area contributed by atoms with Gasteiger partial charge < -0.3 is 19.5 Å². The van der Waals surface area contributed by atoms with Crippen LogP contribution in [0.3, 0.4) is 0 Å². The Bertz CT molecular complexity index is 1070. The third-order valence-electron chi connectivity index (χ3n) is 7.60. The van der Waals surface area contributed by atoms with Crippen molar-refractivity contribution in [2.45, 2.75) is 57.0 Å².